The molecule has 6 heteroatoms. The molecule has 0 saturated heterocycles. The van der Waals surface area contributed by atoms with Crippen molar-refractivity contribution >= 4 is 11.6 Å². The Bertz CT molecular complexity index is 314. The predicted molar refractivity (Wildman–Crippen MR) is 46.3 cm³/mol. The van der Waals surface area contributed by atoms with Gasteiger partial charge in [0, 0.05) is 20.2 Å². The second-order valence-electron chi connectivity index (χ2n) is 2.66. The third-order valence-corrected chi connectivity index (χ3v) is 1.47. The van der Waals surface area contributed by atoms with Gasteiger partial charge < -0.3 is 10.3 Å². The number of nitrogens with zero attached hydrogens (tertiary/aromatic N) is 2. The summed E-state index contributed by atoms with van der Waals surface area (Å²) in [7, 11) is 3.20. The highest BCUT2D eigenvalue weighted by Crippen LogP contribution is 2.19. The lowest BCUT2D eigenvalue weighted by Gasteiger charge is -2.13. The normalized spacial score (nSPS) is 9.92. The molecule has 1 rings (SSSR count). The van der Waals surface area contributed by atoms with Gasteiger partial charge >= 0.3 is 0 Å². The van der Waals surface area contributed by atoms with Crippen molar-refractivity contribution in [2.75, 3.05) is 24.4 Å². The minimum absolute atomic E-state index is 0.0364. The van der Waals surface area contributed by atoms with Crippen molar-refractivity contribution in [1.82, 2.24) is 4.98 Å². The van der Waals surface area contributed by atoms with Crippen molar-refractivity contribution in [2.24, 2.45) is 5.84 Å². The lowest BCUT2D eigenvalue weighted by Crippen LogP contribution is -2.17. The van der Waals surface area contributed by atoms with Gasteiger partial charge in [0.25, 0.3) is 0 Å². The fourth-order valence-electron chi connectivity index (χ4n) is 0.872. The quantitative estimate of drug-likeness (QED) is 0.530. The van der Waals surface area contributed by atoms with Crippen molar-refractivity contribution in [3.8, 4) is 0 Å². The molecular formula is C7H10F2N4. The summed E-state index contributed by atoms with van der Waals surface area (Å²) in [4.78, 5) is 5.06. The SMILES string of the molecule is CN(C)c1nc(NN)c(F)cc1F. The minimum Gasteiger partial charge on any atom is -0.360 e. The summed E-state index contributed by atoms with van der Waals surface area (Å²) in [5.41, 5.74) is 2.04. The number of rotatable bonds is 2. The molecule has 0 aliphatic carbocycles. The highest BCUT2D eigenvalue weighted by Gasteiger charge is 2.11. The second kappa shape index (κ2) is 3.53. The number of hydrogen-bond donors (Lipinski definition) is 2. The maximum Gasteiger partial charge on any atom is 0.178 e. The molecular weight excluding hydrogens is 178 g/mol. The molecule has 1 aromatic heterocycles. The zero-order valence-electron chi connectivity index (χ0n) is 7.31. The van der Waals surface area contributed by atoms with Crippen LogP contribution in [0.15, 0.2) is 6.07 Å². The number of hydrogen-bond acceptors (Lipinski definition) is 4. The molecule has 72 valence electrons. The third kappa shape index (κ3) is 1.83. The third-order valence-electron chi connectivity index (χ3n) is 1.47. The zero-order chi connectivity index (χ0) is 10.0. The smallest absolute Gasteiger partial charge is 0.178 e. The maximum atomic E-state index is 13.0. The van der Waals surface area contributed by atoms with E-state index in [0.29, 0.717) is 0 Å². The van der Waals surface area contributed by atoms with E-state index in [1.54, 1.807) is 14.1 Å². The standard InChI is InChI=1S/C7H10F2N4/c1-13(2)7-5(9)3-4(8)6(11-7)12-10/h3H,10H2,1-2H3,(H,11,12). The van der Waals surface area contributed by atoms with Crippen molar-refractivity contribution in [3.63, 3.8) is 0 Å². The Balaban J connectivity index is 3.22. The van der Waals surface area contributed by atoms with Crippen molar-refractivity contribution in [1.29, 1.82) is 0 Å². The van der Waals surface area contributed by atoms with E-state index in [9.17, 15) is 8.78 Å². The predicted octanol–water partition coefficient (Wildman–Crippen LogP) is 0.711. The molecule has 0 radical (unpaired) electrons. The van der Waals surface area contributed by atoms with Crippen molar-refractivity contribution in [2.45, 2.75) is 0 Å². The molecule has 3 N–H and O–H groups in total. The zero-order valence-corrected chi connectivity index (χ0v) is 7.31. The van der Waals surface area contributed by atoms with Crippen molar-refractivity contribution < 1.29 is 8.78 Å². The van der Waals surface area contributed by atoms with E-state index in [0.717, 1.165) is 6.07 Å². The van der Waals surface area contributed by atoms with Gasteiger partial charge in [0.05, 0.1) is 0 Å². The molecule has 1 heterocycles. The van der Waals surface area contributed by atoms with Crippen LogP contribution in [0.4, 0.5) is 20.4 Å². The first-order valence-corrected chi connectivity index (χ1v) is 3.56. The average Bonchev–Trinajstić information content (AvgIpc) is 2.03. The fourth-order valence-corrected chi connectivity index (χ4v) is 0.872. The topological polar surface area (TPSA) is 54.2 Å². The highest BCUT2D eigenvalue weighted by atomic mass is 19.1. The lowest BCUT2D eigenvalue weighted by atomic mass is 10.4. The van der Waals surface area contributed by atoms with Crippen LogP contribution in [0.25, 0.3) is 0 Å². The largest absolute Gasteiger partial charge is 0.360 e. The van der Waals surface area contributed by atoms with Gasteiger partial charge in [0.2, 0.25) is 0 Å². The van der Waals surface area contributed by atoms with Gasteiger partial charge in [0.15, 0.2) is 23.3 Å². The number of nitrogens with one attached hydrogen (secondary N) is 1. The number of halogens is 2. The Hall–Kier alpha value is -1.43. The highest BCUT2D eigenvalue weighted by molar-refractivity contribution is 5.47. The molecule has 0 atom stereocenters. The van der Waals surface area contributed by atoms with E-state index in [2.05, 4.69) is 4.98 Å². The van der Waals surface area contributed by atoms with Gasteiger partial charge in [-0.3, -0.25) is 0 Å². The molecule has 0 fully saturated rings. The average molecular weight is 188 g/mol. The van der Waals surface area contributed by atoms with Crippen LogP contribution in [0.3, 0.4) is 0 Å². The number of nitrogens with two attached hydrogens (primary N) is 1. The molecule has 0 unspecified atom stereocenters. The first-order chi connectivity index (χ1) is 6.06. The van der Waals surface area contributed by atoms with Crippen LogP contribution in [0.1, 0.15) is 0 Å². The van der Waals surface area contributed by atoms with Gasteiger partial charge in [-0.15, -0.1) is 0 Å². The Labute approximate surface area is 74.3 Å². The minimum atomic E-state index is -0.814. The van der Waals surface area contributed by atoms with E-state index >= 15 is 0 Å². The van der Waals surface area contributed by atoms with E-state index in [1.807, 2.05) is 5.43 Å². The number of pyridine rings is 1. The van der Waals surface area contributed by atoms with Crippen LogP contribution in [-0.4, -0.2) is 19.1 Å². The molecule has 4 nitrogen and oxygen atoms in total. The van der Waals surface area contributed by atoms with Crippen LogP contribution in [0, 0.1) is 11.6 Å². The summed E-state index contributed by atoms with van der Waals surface area (Å²) in [6.07, 6.45) is 0. The summed E-state index contributed by atoms with van der Waals surface area (Å²) in [6, 6.07) is 0.734. The van der Waals surface area contributed by atoms with Crippen LogP contribution >= 0.6 is 0 Å². The van der Waals surface area contributed by atoms with Gasteiger partial charge in [-0.2, -0.15) is 0 Å². The number of hydrazine groups is 1. The maximum absolute atomic E-state index is 13.0. The number of anilines is 2. The van der Waals surface area contributed by atoms with Crippen molar-refractivity contribution in [3.05, 3.63) is 17.7 Å². The van der Waals surface area contributed by atoms with Crippen LogP contribution in [-0.2, 0) is 0 Å². The summed E-state index contributed by atoms with van der Waals surface area (Å²) in [5.74, 6) is 3.30. The summed E-state index contributed by atoms with van der Waals surface area (Å²) >= 11 is 0. The second-order valence-corrected chi connectivity index (χ2v) is 2.66. The molecule has 0 bridgehead atoms. The van der Waals surface area contributed by atoms with E-state index in [1.165, 1.54) is 4.90 Å². The van der Waals surface area contributed by atoms with Gasteiger partial charge in [-0.05, 0) is 0 Å². The van der Waals surface area contributed by atoms with Crippen LogP contribution < -0.4 is 16.2 Å². The van der Waals surface area contributed by atoms with E-state index in [4.69, 9.17) is 5.84 Å². The Kier molecular flexibility index (Phi) is 2.62. The molecule has 0 aliphatic heterocycles. The van der Waals surface area contributed by atoms with E-state index in [-0.39, 0.29) is 11.6 Å². The molecule has 1 aromatic rings. The van der Waals surface area contributed by atoms with Crippen LogP contribution in [0.5, 0.6) is 0 Å². The first-order valence-electron chi connectivity index (χ1n) is 3.56. The summed E-state index contributed by atoms with van der Waals surface area (Å²) in [5, 5.41) is 0. The molecule has 0 amide bonds. The number of nitrogen functional groups attached to an aromatic ring is 1. The van der Waals surface area contributed by atoms with E-state index < -0.39 is 11.6 Å². The fraction of sp³-hybridized carbons (Fsp3) is 0.286. The van der Waals surface area contributed by atoms with Gasteiger partial charge in [0.1, 0.15) is 0 Å². The number of aromatic nitrogens is 1. The Morgan fingerprint density at radius 1 is 1.38 bits per heavy atom. The lowest BCUT2D eigenvalue weighted by molar-refractivity contribution is 0.575. The summed E-state index contributed by atoms with van der Waals surface area (Å²) < 4.78 is 25.8. The first kappa shape index (κ1) is 9.66. The molecule has 0 aliphatic rings. The molecule has 0 aromatic carbocycles. The van der Waals surface area contributed by atoms with Gasteiger partial charge in [-0.25, -0.2) is 19.6 Å². The Morgan fingerprint density at radius 3 is 2.46 bits per heavy atom. The van der Waals surface area contributed by atoms with Crippen LogP contribution in [0.2, 0.25) is 0 Å². The van der Waals surface area contributed by atoms with Gasteiger partial charge in [-0.1, -0.05) is 0 Å². The molecule has 0 spiro atoms. The molecule has 0 saturated carbocycles. The molecule has 13 heavy (non-hydrogen) atoms. The Morgan fingerprint density at radius 2 is 2.00 bits per heavy atom. The monoisotopic (exact) mass is 188 g/mol. The summed E-state index contributed by atoms with van der Waals surface area (Å²) in [6.45, 7) is 0.